The molecule has 0 unspecified atom stereocenters. The van der Waals surface area contributed by atoms with E-state index in [0.717, 1.165) is 61.2 Å². The zero-order valence-corrected chi connectivity index (χ0v) is 23.4. The molecule has 1 aliphatic carbocycles. The van der Waals surface area contributed by atoms with Crippen molar-refractivity contribution in [2.75, 3.05) is 11.4 Å². The van der Waals surface area contributed by atoms with Crippen LogP contribution < -0.4 is 4.90 Å². The summed E-state index contributed by atoms with van der Waals surface area (Å²) in [4.78, 5) is 19.5. The van der Waals surface area contributed by atoms with Crippen LogP contribution in [0.4, 0.5) is 5.69 Å². The summed E-state index contributed by atoms with van der Waals surface area (Å²) in [6.45, 7) is 6.34. The highest BCUT2D eigenvalue weighted by molar-refractivity contribution is 5.96. The molecule has 0 aliphatic heterocycles. The molecule has 1 aliphatic rings. The third-order valence-corrected chi connectivity index (χ3v) is 8.14. The lowest BCUT2D eigenvalue weighted by atomic mass is 9.93. The molecule has 4 aromatic rings. The van der Waals surface area contributed by atoms with Gasteiger partial charge in [-0.1, -0.05) is 82.0 Å². The van der Waals surface area contributed by atoms with E-state index in [-0.39, 0.29) is 0 Å². The summed E-state index contributed by atoms with van der Waals surface area (Å²) in [7, 11) is 0. The van der Waals surface area contributed by atoms with Gasteiger partial charge in [0.1, 0.15) is 5.82 Å². The molecule has 0 saturated heterocycles. The van der Waals surface area contributed by atoms with Crippen LogP contribution in [0.5, 0.6) is 0 Å². The number of benzene rings is 3. The number of aromatic nitrogens is 2. The van der Waals surface area contributed by atoms with Gasteiger partial charge in [-0.15, -0.1) is 0 Å². The van der Waals surface area contributed by atoms with Gasteiger partial charge in [0.25, 0.3) is 0 Å². The van der Waals surface area contributed by atoms with E-state index in [9.17, 15) is 9.90 Å². The fraction of sp³-hybridized carbons (Fsp3) is 0.412. The summed E-state index contributed by atoms with van der Waals surface area (Å²) in [6, 6.07) is 23.0. The maximum atomic E-state index is 11.7. The largest absolute Gasteiger partial charge is 0.478 e. The first-order valence-corrected chi connectivity index (χ1v) is 14.8. The van der Waals surface area contributed by atoms with Crippen molar-refractivity contribution in [3.63, 3.8) is 0 Å². The van der Waals surface area contributed by atoms with Crippen LogP contribution in [0.25, 0.3) is 22.2 Å². The molecule has 1 aromatic heterocycles. The fourth-order valence-corrected chi connectivity index (χ4v) is 6.09. The Balaban J connectivity index is 1.48. The molecule has 5 rings (SSSR count). The summed E-state index contributed by atoms with van der Waals surface area (Å²) in [5, 5.41) is 9.62. The number of fused-ring (bicyclic) bond motifs is 1. The number of carbonyl (C=O) groups is 1. The maximum Gasteiger partial charge on any atom is 0.336 e. The Hall–Kier alpha value is -3.60. The molecule has 1 N–H and O–H groups in total. The summed E-state index contributed by atoms with van der Waals surface area (Å²) in [5.74, 6) is 0.241. The van der Waals surface area contributed by atoms with Gasteiger partial charge >= 0.3 is 5.97 Å². The van der Waals surface area contributed by atoms with Crippen LogP contribution in [0.3, 0.4) is 0 Å². The van der Waals surface area contributed by atoms with Crippen molar-refractivity contribution in [3.8, 4) is 11.1 Å². The molecular weight excluding hydrogens is 482 g/mol. The molecule has 0 spiro atoms. The predicted molar refractivity (Wildman–Crippen MR) is 161 cm³/mol. The number of imidazole rings is 1. The molecule has 0 bridgehead atoms. The smallest absolute Gasteiger partial charge is 0.336 e. The van der Waals surface area contributed by atoms with E-state index in [4.69, 9.17) is 4.98 Å². The minimum absolute atomic E-state index is 0.329. The minimum atomic E-state index is -0.902. The molecule has 1 heterocycles. The summed E-state index contributed by atoms with van der Waals surface area (Å²) >= 11 is 0. The quantitative estimate of drug-likeness (QED) is 0.215. The number of rotatable bonds is 11. The predicted octanol–water partition coefficient (Wildman–Crippen LogP) is 8.34. The molecule has 39 heavy (non-hydrogen) atoms. The van der Waals surface area contributed by atoms with Crippen LogP contribution in [0.2, 0.25) is 0 Å². The van der Waals surface area contributed by atoms with Gasteiger partial charge in [-0.25, -0.2) is 9.78 Å². The van der Waals surface area contributed by atoms with Gasteiger partial charge in [0, 0.05) is 31.2 Å². The SMILES string of the molecule is CCCCc1nc2ccc(N(CCC)C3CCCCC3)cc2n1Cc1ccc(-c2ccccc2C(=O)O)cc1. The first kappa shape index (κ1) is 27.0. The number of hydrogen-bond donors (Lipinski definition) is 1. The van der Waals surface area contributed by atoms with Crippen LogP contribution in [0, 0.1) is 0 Å². The van der Waals surface area contributed by atoms with Crippen LogP contribution in [-0.4, -0.2) is 33.2 Å². The topological polar surface area (TPSA) is 58.4 Å². The van der Waals surface area contributed by atoms with Gasteiger partial charge in [-0.05, 0) is 66.6 Å². The normalized spacial score (nSPS) is 14.1. The number of carboxylic acids is 1. The molecule has 0 atom stereocenters. The van der Waals surface area contributed by atoms with Crippen molar-refractivity contribution in [2.45, 2.75) is 84.2 Å². The van der Waals surface area contributed by atoms with Crippen LogP contribution in [-0.2, 0) is 13.0 Å². The van der Waals surface area contributed by atoms with E-state index < -0.39 is 5.97 Å². The number of hydrogen-bond acceptors (Lipinski definition) is 3. The van der Waals surface area contributed by atoms with E-state index >= 15 is 0 Å². The van der Waals surface area contributed by atoms with E-state index in [1.54, 1.807) is 12.1 Å². The summed E-state index contributed by atoms with van der Waals surface area (Å²) < 4.78 is 2.40. The van der Waals surface area contributed by atoms with Gasteiger partial charge in [-0.2, -0.15) is 0 Å². The van der Waals surface area contributed by atoms with Crippen LogP contribution in [0.15, 0.2) is 66.7 Å². The summed E-state index contributed by atoms with van der Waals surface area (Å²) in [6.07, 6.45) is 11.0. The van der Waals surface area contributed by atoms with Gasteiger partial charge in [-0.3, -0.25) is 0 Å². The Labute approximate surface area is 232 Å². The van der Waals surface area contributed by atoms with Gasteiger partial charge in [0.15, 0.2) is 0 Å². The van der Waals surface area contributed by atoms with Gasteiger partial charge < -0.3 is 14.6 Å². The Morgan fingerprint density at radius 2 is 1.74 bits per heavy atom. The van der Waals surface area contributed by atoms with Crippen LogP contribution in [0.1, 0.15) is 87.0 Å². The van der Waals surface area contributed by atoms with Crippen molar-refractivity contribution < 1.29 is 9.90 Å². The molecule has 3 aromatic carbocycles. The highest BCUT2D eigenvalue weighted by atomic mass is 16.4. The maximum absolute atomic E-state index is 11.7. The van der Waals surface area contributed by atoms with E-state index in [0.29, 0.717) is 11.6 Å². The molecule has 0 radical (unpaired) electrons. The number of anilines is 1. The van der Waals surface area contributed by atoms with Gasteiger partial charge in [0.2, 0.25) is 0 Å². The molecule has 1 fully saturated rings. The monoisotopic (exact) mass is 523 g/mol. The third-order valence-electron chi connectivity index (χ3n) is 8.14. The highest BCUT2D eigenvalue weighted by Crippen LogP contribution is 2.31. The lowest BCUT2D eigenvalue weighted by molar-refractivity contribution is 0.0697. The molecule has 5 nitrogen and oxygen atoms in total. The lowest BCUT2D eigenvalue weighted by Gasteiger charge is -2.36. The summed E-state index contributed by atoms with van der Waals surface area (Å²) in [5.41, 5.74) is 6.77. The Bertz CT molecular complexity index is 1400. The zero-order valence-electron chi connectivity index (χ0n) is 23.4. The lowest BCUT2D eigenvalue weighted by Crippen LogP contribution is -2.37. The number of aryl methyl sites for hydroxylation is 1. The van der Waals surface area contributed by atoms with E-state index in [1.165, 1.54) is 48.9 Å². The number of unbranched alkanes of at least 4 members (excludes halogenated alkanes) is 1. The second-order valence-corrected chi connectivity index (χ2v) is 10.9. The molecule has 1 saturated carbocycles. The molecular formula is C34H41N3O2. The fourth-order valence-electron chi connectivity index (χ4n) is 6.09. The first-order chi connectivity index (χ1) is 19.1. The zero-order chi connectivity index (χ0) is 27.2. The first-order valence-electron chi connectivity index (χ1n) is 14.8. The van der Waals surface area contributed by atoms with Crippen LogP contribution >= 0.6 is 0 Å². The molecule has 204 valence electrons. The second kappa shape index (κ2) is 12.5. The third kappa shape index (κ3) is 6.03. The average Bonchev–Trinajstić information content (AvgIpc) is 3.31. The van der Waals surface area contributed by atoms with Crippen molar-refractivity contribution >= 4 is 22.7 Å². The Morgan fingerprint density at radius 1 is 0.974 bits per heavy atom. The number of carboxylic acid groups (broad SMARTS) is 1. The van der Waals surface area contributed by atoms with Crippen molar-refractivity contribution in [2.24, 2.45) is 0 Å². The molecule has 5 heteroatoms. The van der Waals surface area contributed by atoms with Gasteiger partial charge in [0.05, 0.1) is 16.6 Å². The average molecular weight is 524 g/mol. The molecule has 0 amide bonds. The second-order valence-electron chi connectivity index (χ2n) is 10.9. The highest BCUT2D eigenvalue weighted by Gasteiger charge is 2.22. The number of nitrogens with zero attached hydrogens (tertiary/aromatic N) is 3. The van der Waals surface area contributed by atoms with Crippen molar-refractivity contribution in [3.05, 3.63) is 83.7 Å². The van der Waals surface area contributed by atoms with E-state index in [1.807, 2.05) is 24.3 Å². The Morgan fingerprint density at radius 3 is 2.46 bits per heavy atom. The van der Waals surface area contributed by atoms with E-state index in [2.05, 4.69) is 53.6 Å². The number of aromatic carboxylic acids is 1. The minimum Gasteiger partial charge on any atom is -0.478 e. The standard InChI is InChI=1S/C34H41N3O2/c1-3-5-15-33-35-31-21-20-28(36(22-4-2)27-11-7-6-8-12-27)23-32(31)37(33)24-25-16-18-26(19-17-25)29-13-9-10-14-30(29)34(38)39/h9-10,13-14,16-21,23,27H,3-8,11-12,15,22,24H2,1-2H3,(H,38,39). The Kier molecular flexibility index (Phi) is 8.65. The van der Waals surface area contributed by atoms with Crippen molar-refractivity contribution in [1.82, 2.24) is 9.55 Å². The van der Waals surface area contributed by atoms with Crippen molar-refractivity contribution in [1.29, 1.82) is 0 Å².